The van der Waals surface area contributed by atoms with E-state index in [1.165, 1.54) is 0 Å². The molecule has 0 saturated carbocycles. The molecule has 0 rings (SSSR count). The zero-order valence-electron chi connectivity index (χ0n) is 7.01. The van der Waals surface area contributed by atoms with Gasteiger partial charge in [0.05, 0.1) is 0 Å². The summed E-state index contributed by atoms with van der Waals surface area (Å²) in [6.07, 6.45) is -8.00. The SMILES string of the molecule is C[C@H](N)CC(F)(F)C(F)(F)C(F)(F)F. The molecule has 0 aromatic heterocycles. The first-order valence-electron chi connectivity index (χ1n) is 3.50. The van der Waals surface area contributed by atoms with E-state index in [-0.39, 0.29) is 0 Å². The Morgan fingerprint density at radius 3 is 1.57 bits per heavy atom. The zero-order valence-corrected chi connectivity index (χ0v) is 7.01. The molecule has 86 valence electrons. The van der Waals surface area contributed by atoms with Crippen LogP contribution in [0.2, 0.25) is 0 Å². The lowest BCUT2D eigenvalue weighted by Crippen LogP contribution is -2.53. The summed E-state index contributed by atoms with van der Waals surface area (Å²) in [5.41, 5.74) is 4.74. The molecule has 0 aromatic carbocycles. The van der Waals surface area contributed by atoms with Gasteiger partial charge in [0, 0.05) is 12.5 Å². The molecule has 0 unspecified atom stereocenters. The van der Waals surface area contributed by atoms with Crippen molar-refractivity contribution in [3.05, 3.63) is 0 Å². The minimum Gasteiger partial charge on any atom is -0.328 e. The van der Waals surface area contributed by atoms with Gasteiger partial charge in [0.25, 0.3) is 0 Å². The predicted molar refractivity (Wildman–Crippen MR) is 34.2 cm³/mol. The second-order valence-corrected chi connectivity index (χ2v) is 2.96. The van der Waals surface area contributed by atoms with Crippen LogP contribution in [-0.4, -0.2) is 24.1 Å². The van der Waals surface area contributed by atoms with Gasteiger partial charge in [0.1, 0.15) is 0 Å². The van der Waals surface area contributed by atoms with Crippen molar-refractivity contribution < 1.29 is 30.7 Å². The van der Waals surface area contributed by atoms with Crippen LogP contribution < -0.4 is 5.73 Å². The summed E-state index contributed by atoms with van der Waals surface area (Å²) in [5.74, 6) is -11.2. The molecule has 14 heavy (non-hydrogen) atoms. The van der Waals surface area contributed by atoms with Crippen LogP contribution in [0.3, 0.4) is 0 Å². The molecule has 1 nitrogen and oxygen atoms in total. The maximum absolute atomic E-state index is 12.4. The fraction of sp³-hybridized carbons (Fsp3) is 1.00. The third kappa shape index (κ3) is 2.49. The van der Waals surface area contributed by atoms with E-state index in [0.717, 1.165) is 6.92 Å². The molecule has 2 N–H and O–H groups in total. The number of halogens is 7. The Labute approximate surface area is 75.1 Å². The topological polar surface area (TPSA) is 26.0 Å². The van der Waals surface area contributed by atoms with Gasteiger partial charge in [0.2, 0.25) is 0 Å². The highest BCUT2D eigenvalue weighted by molar-refractivity contribution is 4.92. The molecule has 0 aliphatic rings. The molecule has 0 heterocycles. The van der Waals surface area contributed by atoms with Crippen molar-refractivity contribution in [3.63, 3.8) is 0 Å². The smallest absolute Gasteiger partial charge is 0.328 e. The van der Waals surface area contributed by atoms with E-state index in [1.54, 1.807) is 0 Å². The quantitative estimate of drug-likeness (QED) is 0.736. The predicted octanol–water partition coefficient (Wildman–Crippen LogP) is 2.56. The average Bonchev–Trinajstić information content (AvgIpc) is 1.80. The number of hydrogen-bond donors (Lipinski definition) is 1. The average molecular weight is 227 g/mol. The molecular weight excluding hydrogens is 219 g/mol. The van der Waals surface area contributed by atoms with Crippen molar-refractivity contribution in [2.45, 2.75) is 37.4 Å². The van der Waals surface area contributed by atoms with Gasteiger partial charge in [-0.2, -0.15) is 30.7 Å². The molecule has 0 bridgehead atoms. The molecular formula is C6H8F7N. The molecule has 8 heteroatoms. The van der Waals surface area contributed by atoms with Crippen molar-refractivity contribution in [1.29, 1.82) is 0 Å². The van der Waals surface area contributed by atoms with Crippen molar-refractivity contribution in [3.8, 4) is 0 Å². The van der Waals surface area contributed by atoms with Gasteiger partial charge in [-0.25, -0.2) is 0 Å². The lowest BCUT2D eigenvalue weighted by Gasteiger charge is -2.29. The summed E-state index contributed by atoms with van der Waals surface area (Å²) in [7, 11) is 0. The zero-order chi connectivity index (χ0) is 11.8. The molecule has 0 spiro atoms. The van der Waals surface area contributed by atoms with Crippen molar-refractivity contribution in [1.82, 2.24) is 0 Å². The summed E-state index contributed by atoms with van der Waals surface area (Å²) in [4.78, 5) is 0. The number of hydrogen-bond acceptors (Lipinski definition) is 1. The van der Waals surface area contributed by atoms with Crippen LogP contribution >= 0.6 is 0 Å². The molecule has 0 radical (unpaired) electrons. The van der Waals surface area contributed by atoms with E-state index in [9.17, 15) is 30.7 Å². The second kappa shape index (κ2) is 3.56. The number of alkyl halides is 7. The van der Waals surface area contributed by atoms with Gasteiger partial charge < -0.3 is 5.73 Å². The summed E-state index contributed by atoms with van der Waals surface area (Å²) in [6.45, 7) is 0.917. The van der Waals surface area contributed by atoms with Crippen molar-refractivity contribution in [2.24, 2.45) is 5.73 Å². The summed E-state index contributed by atoms with van der Waals surface area (Å²) >= 11 is 0. The standard InChI is InChI=1S/C6H8F7N/c1-3(14)2-4(7,8)5(9,10)6(11,12)13/h3H,2,14H2,1H3/t3-/m0/s1. The van der Waals surface area contributed by atoms with Gasteiger partial charge in [-0.05, 0) is 6.92 Å². The molecule has 0 aromatic rings. The maximum atomic E-state index is 12.4. The van der Waals surface area contributed by atoms with Crippen LogP contribution in [0.1, 0.15) is 13.3 Å². The van der Waals surface area contributed by atoms with Gasteiger partial charge in [-0.1, -0.05) is 0 Å². The van der Waals surface area contributed by atoms with E-state index < -0.39 is 30.5 Å². The Kier molecular flexibility index (Phi) is 3.42. The first-order valence-corrected chi connectivity index (χ1v) is 3.50. The minimum atomic E-state index is -6.27. The minimum absolute atomic E-state index is 0.917. The fourth-order valence-corrected chi connectivity index (χ4v) is 0.740. The van der Waals surface area contributed by atoms with Gasteiger partial charge >= 0.3 is 18.0 Å². The molecule has 0 amide bonds. The Bertz CT molecular complexity index is 195. The van der Waals surface area contributed by atoms with Crippen LogP contribution in [-0.2, 0) is 0 Å². The summed E-state index contributed by atoms with van der Waals surface area (Å²) in [5, 5.41) is 0. The van der Waals surface area contributed by atoms with Crippen LogP contribution in [0, 0.1) is 0 Å². The Morgan fingerprint density at radius 1 is 1.00 bits per heavy atom. The fourth-order valence-electron chi connectivity index (χ4n) is 0.740. The van der Waals surface area contributed by atoms with Crippen LogP contribution in [0.5, 0.6) is 0 Å². The maximum Gasteiger partial charge on any atom is 0.459 e. The monoisotopic (exact) mass is 227 g/mol. The highest BCUT2D eigenvalue weighted by Crippen LogP contribution is 2.48. The highest BCUT2D eigenvalue weighted by atomic mass is 19.4. The van der Waals surface area contributed by atoms with E-state index in [1.807, 2.05) is 0 Å². The van der Waals surface area contributed by atoms with Gasteiger partial charge in [0.15, 0.2) is 0 Å². The molecule has 0 fully saturated rings. The highest BCUT2D eigenvalue weighted by Gasteiger charge is 2.72. The molecule has 0 aliphatic carbocycles. The van der Waals surface area contributed by atoms with Crippen molar-refractivity contribution >= 4 is 0 Å². The number of nitrogens with two attached hydrogens (primary N) is 1. The van der Waals surface area contributed by atoms with Crippen molar-refractivity contribution in [2.75, 3.05) is 0 Å². The Balaban J connectivity index is 4.88. The molecule has 0 aliphatic heterocycles. The van der Waals surface area contributed by atoms with E-state index in [4.69, 9.17) is 5.73 Å². The lowest BCUT2D eigenvalue weighted by atomic mass is 10.0. The second-order valence-electron chi connectivity index (χ2n) is 2.96. The largest absolute Gasteiger partial charge is 0.459 e. The Morgan fingerprint density at radius 2 is 1.36 bits per heavy atom. The summed E-state index contributed by atoms with van der Waals surface area (Å²) in [6, 6.07) is -1.45. The normalized spacial score (nSPS) is 16.9. The third-order valence-electron chi connectivity index (χ3n) is 1.39. The first-order chi connectivity index (χ1) is 5.92. The third-order valence-corrected chi connectivity index (χ3v) is 1.39. The van der Waals surface area contributed by atoms with Gasteiger partial charge in [-0.15, -0.1) is 0 Å². The van der Waals surface area contributed by atoms with Crippen LogP contribution in [0.4, 0.5) is 30.7 Å². The van der Waals surface area contributed by atoms with E-state index in [2.05, 4.69) is 0 Å². The number of rotatable bonds is 3. The lowest BCUT2D eigenvalue weighted by molar-refractivity contribution is -0.356. The van der Waals surface area contributed by atoms with E-state index in [0.29, 0.717) is 0 Å². The molecule has 0 saturated heterocycles. The Hall–Kier alpha value is -0.530. The van der Waals surface area contributed by atoms with Crippen LogP contribution in [0.15, 0.2) is 0 Å². The molecule has 1 atom stereocenters. The van der Waals surface area contributed by atoms with Gasteiger partial charge in [-0.3, -0.25) is 0 Å². The summed E-state index contributed by atoms with van der Waals surface area (Å²) < 4.78 is 83.6. The van der Waals surface area contributed by atoms with E-state index >= 15 is 0 Å². The first kappa shape index (κ1) is 13.5. The van der Waals surface area contributed by atoms with Crippen LogP contribution in [0.25, 0.3) is 0 Å².